The van der Waals surface area contributed by atoms with Crippen molar-refractivity contribution < 1.29 is 18.0 Å². The maximum absolute atomic E-state index is 12.5. The number of aromatic nitrogens is 2. The summed E-state index contributed by atoms with van der Waals surface area (Å²) in [5.74, 6) is 0.248. The molecule has 3 rings (SSSR count). The standard InChI is InChI=1S/C18H17F3N4OS2/c19-18(20,21)13-2-3-15(24-9-13)22-5-1-6-23-16(26)8-14-11-28-17(25-14)12-4-7-27-10-12/h2-4,7,9-11H,1,5-6,8H2,(H,22,24)(H,23,26). The van der Waals surface area contributed by atoms with Gasteiger partial charge in [0, 0.05) is 35.6 Å². The summed E-state index contributed by atoms with van der Waals surface area (Å²) in [5.41, 5.74) is 1.01. The molecule has 0 unspecified atom stereocenters. The number of hydrogen-bond donors (Lipinski definition) is 2. The molecule has 1 amide bonds. The van der Waals surface area contributed by atoms with Gasteiger partial charge in [0.2, 0.25) is 5.91 Å². The van der Waals surface area contributed by atoms with Crippen molar-refractivity contribution in [2.75, 3.05) is 18.4 Å². The van der Waals surface area contributed by atoms with Crippen LogP contribution < -0.4 is 10.6 Å². The third-order valence-electron chi connectivity index (χ3n) is 3.73. The minimum absolute atomic E-state index is 0.116. The molecule has 0 aliphatic rings. The van der Waals surface area contributed by atoms with Crippen LogP contribution in [0.2, 0.25) is 0 Å². The molecule has 0 fully saturated rings. The number of anilines is 1. The lowest BCUT2D eigenvalue weighted by atomic mass is 10.3. The van der Waals surface area contributed by atoms with E-state index in [-0.39, 0.29) is 12.3 Å². The van der Waals surface area contributed by atoms with Crippen molar-refractivity contribution in [1.82, 2.24) is 15.3 Å². The molecule has 148 valence electrons. The maximum Gasteiger partial charge on any atom is 0.417 e. The van der Waals surface area contributed by atoms with Crippen LogP contribution in [0.25, 0.3) is 10.6 Å². The first-order valence-electron chi connectivity index (χ1n) is 8.42. The second-order valence-corrected chi connectivity index (χ2v) is 7.53. The first-order valence-corrected chi connectivity index (χ1v) is 10.2. The molecule has 0 aliphatic heterocycles. The van der Waals surface area contributed by atoms with Gasteiger partial charge in [-0.15, -0.1) is 11.3 Å². The van der Waals surface area contributed by atoms with Gasteiger partial charge >= 0.3 is 6.18 Å². The predicted octanol–water partition coefficient (Wildman–Crippen LogP) is 4.45. The van der Waals surface area contributed by atoms with Crippen LogP contribution in [-0.4, -0.2) is 29.0 Å². The highest BCUT2D eigenvalue weighted by molar-refractivity contribution is 7.14. The van der Waals surface area contributed by atoms with Crippen LogP contribution >= 0.6 is 22.7 Å². The zero-order valence-corrected chi connectivity index (χ0v) is 16.3. The largest absolute Gasteiger partial charge is 0.417 e. The Morgan fingerprint density at radius 1 is 1.14 bits per heavy atom. The lowest BCUT2D eigenvalue weighted by molar-refractivity contribution is -0.137. The van der Waals surface area contributed by atoms with Gasteiger partial charge < -0.3 is 10.6 Å². The molecule has 5 nitrogen and oxygen atoms in total. The quantitative estimate of drug-likeness (QED) is 0.523. The Labute approximate surface area is 167 Å². The van der Waals surface area contributed by atoms with Crippen LogP contribution in [0.5, 0.6) is 0 Å². The summed E-state index contributed by atoms with van der Waals surface area (Å²) in [7, 11) is 0. The van der Waals surface area contributed by atoms with Crippen LogP contribution in [-0.2, 0) is 17.4 Å². The second-order valence-electron chi connectivity index (χ2n) is 5.89. The molecule has 0 atom stereocenters. The van der Waals surface area contributed by atoms with Crippen LogP contribution in [0.3, 0.4) is 0 Å². The molecule has 28 heavy (non-hydrogen) atoms. The number of pyridine rings is 1. The number of carbonyl (C=O) groups excluding carboxylic acids is 1. The topological polar surface area (TPSA) is 66.9 Å². The SMILES string of the molecule is O=C(Cc1csc(-c2ccsc2)n1)NCCCNc1ccc(C(F)(F)F)cn1. The third kappa shape index (κ3) is 5.77. The third-order valence-corrected chi connectivity index (χ3v) is 5.36. The molecular weight excluding hydrogens is 409 g/mol. The molecule has 0 spiro atoms. The number of nitrogens with one attached hydrogen (secondary N) is 2. The normalized spacial score (nSPS) is 11.4. The minimum atomic E-state index is -4.39. The Morgan fingerprint density at radius 2 is 2.00 bits per heavy atom. The number of amides is 1. The van der Waals surface area contributed by atoms with E-state index in [1.54, 1.807) is 11.3 Å². The van der Waals surface area contributed by atoms with Crippen LogP contribution in [0, 0.1) is 0 Å². The molecule has 0 aromatic carbocycles. The molecule has 0 aliphatic carbocycles. The molecular formula is C18H17F3N4OS2. The van der Waals surface area contributed by atoms with E-state index in [0.717, 1.165) is 28.5 Å². The van der Waals surface area contributed by atoms with E-state index in [9.17, 15) is 18.0 Å². The molecule has 0 saturated carbocycles. The first kappa shape index (κ1) is 20.3. The van der Waals surface area contributed by atoms with Crippen molar-refractivity contribution >= 4 is 34.4 Å². The number of hydrogen-bond acceptors (Lipinski definition) is 6. The number of halogens is 3. The fourth-order valence-electron chi connectivity index (χ4n) is 2.33. The summed E-state index contributed by atoms with van der Waals surface area (Å²) < 4.78 is 37.4. The smallest absolute Gasteiger partial charge is 0.370 e. The fourth-order valence-corrected chi connectivity index (χ4v) is 3.86. The number of rotatable bonds is 8. The Balaban J connectivity index is 1.34. The van der Waals surface area contributed by atoms with Crippen molar-refractivity contribution in [3.8, 4) is 10.6 Å². The van der Waals surface area contributed by atoms with Gasteiger partial charge in [0.25, 0.3) is 0 Å². The number of nitrogens with zero attached hydrogens (tertiary/aromatic N) is 2. The molecule has 3 aromatic rings. The molecule has 0 saturated heterocycles. The van der Waals surface area contributed by atoms with Crippen LogP contribution in [0.1, 0.15) is 17.7 Å². The Morgan fingerprint density at radius 3 is 2.68 bits per heavy atom. The van der Waals surface area contributed by atoms with E-state index >= 15 is 0 Å². The van der Waals surface area contributed by atoms with Gasteiger partial charge in [-0.2, -0.15) is 24.5 Å². The zero-order valence-electron chi connectivity index (χ0n) is 14.6. The maximum atomic E-state index is 12.5. The van der Waals surface area contributed by atoms with Gasteiger partial charge in [0.05, 0.1) is 17.7 Å². The average Bonchev–Trinajstić information content (AvgIpc) is 3.32. The molecule has 0 radical (unpaired) electrons. The highest BCUT2D eigenvalue weighted by Crippen LogP contribution is 2.29. The highest BCUT2D eigenvalue weighted by Gasteiger charge is 2.30. The summed E-state index contributed by atoms with van der Waals surface area (Å²) in [5, 5.41) is 12.5. The molecule has 2 N–H and O–H groups in total. The Kier molecular flexibility index (Phi) is 6.63. The van der Waals surface area contributed by atoms with Crippen molar-refractivity contribution in [3.05, 3.63) is 51.8 Å². The average molecular weight is 426 g/mol. The van der Waals surface area contributed by atoms with E-state index < -0.39 is 11.7 Å². The van der Waals surface area contributed by atoms with E-state index in [0.29, 0.717) is 25.3 Å². The second kappa shape index (κ2) is 9.16. The number of thiophene rings is 1. The van der Waals surface area contributed by atoms with Gasteiger partial charge in [-0.1, -0.05) is 0 Å². The van der Waals surface area contributed by atoms with Gasteiger partial charge in [-0.25, -0.2) is 9.97 Å². The fraction of sp³-hybridized carbons (Fsp3) is 0.278. The molecule has 10 heteroatoms. The molecule has 0 bridgehead atoms. The number of thiazole rings is 1. The van der Waals surface area contributed by atoms with E-state index in [1.807, 2.05) is 22.2 Å². The van der Waals surface area contributed by atoms with Gasteiger partial charge in [0.1, 0.15) is 10.8 Å². The molecule has 3 heterocycles. The Bertz CT molecular complexity index is 892. The van der Waals surface area contributed by atoms with Crippen molar-refractivity contribution in [2.24, 2.45) is 0 Å². The zero-order chi connectivity index (χ0) is 20.0. The minimum Gasteiger partial charge on any atom is -0.370 e. The molecule has 3 aromatic heterocycles. The van der Waals surface area contributed by atoms with Crippen LogP contribution in [0.15, 0.2) is 40.5 Å². The summed E-state index contributed by atoms with van der Waals surface area (Å²) in [6, 6.07) is 4.26. The number of alkyl halides is 3. The summed E-state index contributed by atoms with van der Waals surface area (Å²) in [4.78, 5) is 20.2. The van der Waals surface area contributed by atoms with Gasteiger partial charge in [0.15, 0.2) is 0 Å². The van der Waals surface area contributed by atoms with E-state index in [2.05, 4.69) is 20.6 Å². The van der Waals surface area contributed by atoms with Crippen LogP contribution in [0.4, 0.5) is 19.0 Å². The van der Waals surface area contributed by atoms with Gasteiger partial charge in [-0.05, 0) is 30.0 Å². The highest BCUT2D eigenvalue weighted by atomic mass is 32.1. The summed E-state index contributed by atoms with van der Waals surface area (Å²) in [6.07, 6.45) is -2.76. The van der Waals surface area contributed by atoms with E-state index in [1.165, 1.54) is 17.4 Å². The Hall–Kier alpha value is -2.46. The monoisotopic (exact) mass is 426 g/mol. The lowest BCUT2D eigenvalue weighted by Crippen LogP contribution is -2.27. The number of carbonyl (C=O) groups is 1. The van der Waals surface area contributed by atoms with Crippen molar-refractivity contribution in [2.45, 2.75) is 19.0 Å². The predicted molar refractivity (Wildman–Crippen MR) is 104 cm³/mol. The lowest BCUT2D eigenvalue weighted by Gasteiger charge is -2.09. The summed E-state index contributed by atoms with van der Waals surface area (Å²) in [6.45, 7) is 0.936. The van der Waals surface area contributed by atoms with E-state index in [4.69, 9.17) is 0 Å². The summed E-state index contributed by atoms with van der Waals surface area (Å²) >= 11 is 3.11. The van der Waals surface area contributed by atoms with Crippen molar-refractivity contribution in [1.29, 1.82) is 0 Å². The first-order chi connectivity index (χ1) is 13.4. The van der Waals surface area contributed by atoms with Gasteiger partial charge in [-0.3, -0.25) is 4.79 Å². The van der Waals surface area contributed by atoms with Crippen molar-refractivity contribution in [3.63, 3.8) is 0 Å².